The molecule has 2 nitrogen and oxygen atoms in total. The fourth-order valence-corrected chi connectivity index (χ4v) is 2.28. The monoisotopic (exact) mass is 259 g/mol. The van der Waals surface area contributed by atoms with Crippen molar-refractivity contribution in [2.75, 3.05) is 11.6 Å². The third-order valence-corrected chi connectivity index (χ3v) is 3.64. The van der Waals surface area contributed by atoms with E-state index in [9.17, 15) is 0 Å². The van der Waals surface area contributed by atoms with Gasteiger partial charge in [-0.05, 0) is 36.8 Å². The summed E-state index contributed by atoms with van der Waals surface area (Å²) in [6.07, 6.45) is 0. The van der Waals surface area contributed by atoms with Gasteiger partial charge in [0.25, 0.3) is 0 Å². The quantitative estimate of drug-likeness (QED) is 0.767. The molecule has 0 bridgehead atoms. The number of para-hydroxylation sites is 1. The van der Waals surface area contributed by atoms with E-state index >= 15 is 0 Å². The molecule has 0 aromatic heterocycles. The average Bonchev–Trinajstić information content (AvgIpc) is 2.41. The van der Waals surface area contributed by atoms with Gasteiger partial charge in [0.15, 0.2) is 6.73 Å². The second-order valence-corrected chi connectivity index (χ2v) is 4.92. The molecule has 18 heavy (non-hydrogen) atoms. The number of hydrogen-bond donors (Lipinski definition) is 0. The Labute approximate surface area is 112 Å². The van der Waals surface area contributed by atoms with Crippen LogP contribution in [0.3, 0.4) is 0 Å². The van der Waals surface area contributed by atoms with Crippen LogP contribution in [0.1, 0.15) is 11.1 Å². The van der Waals surface area contributed by atoms with Gasteiger partial charge >= 0.3 is 0 Å². The summed E-state index contributed by atoms with van der Waals surface area (Å²) in [6.45, 7) is 3.47. The summed E-state index contributed by atoms with van der Waals surface area (Å²) in [6, 6.07) is 14.2. The molecule has 0 saturated heterocycles. The van der Waals surface area contributed by atoms with Crippen molar-refractivity contribution in [3.63, 3.8) is 0 Å². The predicted molar refractivity (Wildman–Crippen MR) is 74.3 cm³/mol. The van der Waals surface area contributed by atoms with Gasteiger partial charge in [-0.1, -0.05) is 29.8 Å². The second kappa shape index (κ2) is 4.54. The number of anilines is 1. The summed E-state index contributed by atoms with van der Waals surface area (Å²) in [5, 5.41) is 0.803. The molecule has 3 heteroatoms. The molecular weight excluding hydrogens is 246 g/mol. The molecule has 1 aliphatic heterocycles. The van der Waals surface area contributed by atoms with E-state index in [1.165, 1.54) is 5.56 Å². The molecule has 0 atom stereocenters. The highest BCUT2D eigenvalue weighted by Gasteiger charge is 2.17. The highest BCUT2D eigenvalue weighted by atomic mass is 35.5. The van der Waals surface area contributed by atoms with Gasteiger partial charge in [0.2, 0.25) is 0 Å². The van der Waals surface area contributed by atoms with Crippen LogP contribution >= 0.6 is 11.6 Å². The van der Waals surface area contributed by atoms with Crippen molar-refractivity contribution in [1.82, 2.24) is 0 Å². The van der Waals surface area contributed by atoms with Gasteiger partial charge < -0.3 is 9.64 Å². The van der Waals surface area contributed by atoms with Crippen LogP contribution in [0, 0.1) is 6.92 Å². The van der Waals surface area contributed by atoms with Crippen LogP contribution in [0.2, 0.25) is 5.02 Å². The number of aryl methyl sites for hydroxylation is 1. The summed E-state index contributed by atoms with van der Waals surface area (Å²) in [5.74, 6) is 0.986. The predicted octanol–water partition coefficient (Wildman–Crippen LogP) is 4.00. The molecule has 0 N–H and O–H groups in total. The molecule has 1 aliphatic rings. The maximum absolute atomic E-state index is 6.05. The number of halogens is 1. The average molecular weight is 260 g/mol. The Hall–Kier alpha value is -1.67. The molecule has 0 radical (unpaired) electrons. The summed E-state index contributed by atoms with van der Waals surface area (Å²) >= 11 is 6.05. The van der Waals surface area contributed by atoms with Gasteiger partial charge in [-0.15, -0.1) is 0 Å². The minimum Gasteiger partial charge on any atom is -0.473 e. The number of hydrogen-bond acceptors (Lipinski definition) is 2. The number of benzene rings is 2. The van der Waals surface area contributed by atoms with Gasteiger partial charge in [-0.2, -0.15) is 0 Å². The first-order chi connectivity index (χ1) is 8.74. The lowest BCUT2D eigenvalue weighted by atomic mass is 10.1. The molecule has 0 unspecified atom stereocenters. The van der Waals surface area contributed by atoms with Crippen molar-refractivity contribution in [3.8, 4) is 5.75 Å². The van der Waals surface area contributed by atoms with Crippen LogP contribution in [0.5, 0.6) is 5.75 Å². The normalized spacial score (nSPS) is 14.0. The van der Waals surface area contributed by atoms with Gasteiger partial charge in [-0.3, -0.25) is 0 Å². The van der Waals surface area contributed by atoms with Crippen LogP contribution in [0.4, 0.5) is 5.69 Å². The number of fused-ring (bicyclic) bond motifs is 1. The van der Waals surface area contributed by atoms with Gasteiger partial charge in [0.05, 0.1) is 0 Å². The highest BCUT2D eigenvalue weighted by molar-refractivity contribution is 6.31. The maximum atomic E-state index is 6.05. The van der Waals surface area contributed by atoms with Gasteiger partial charge in [-0.25, -0.2) is 0 Å². The summed E-state index contributed by atoms with van der Waals surface area (Å²) in [5.41, 5.74) is 3.45. The Balaban J connectivity index is 1.89. The van der Waals surface area contributed by atoms with E-state index in [0.717, 1.165) is 28.6 Å². The summed E-state index contributed by atoms with van der Waals surface area (Å²) in [7, 11) is 0. The minimum atomic E-state index is 0.581. The number of ether oxygens (including phenoxy) is 1. The lowest BCUT2D eigenvalue weighted by molar-refractivity contribution is 0.289. The van der Waals surface area contributed by atoms with Gasteiger partial charge in [0.1, 0.15) is 5.75 Å². The maximum Gasteiger partial charge on any atom is 0.161 e. The molecule has 1 heterocycles. The minimum absolute atomic E-state index is 0.581. The Bertz CT molecular complexity index is 582. The fraction of sp³-hybridized carbons (Fsp3) is 0.200. The van der Waals surface area contributed by atoms with Crippen molar-refractivity contribution in [2.45, 2.75) is 13.5 Å². The fourth-order valence-electron chi connectivity index (χ4n) is 2.17. The van der Waals surface area contributed by atoms with Crippen molar-refractivity contribution in [2.24, 2.45) is 0 Å². The topological polar surface area (TPSA) is 12.5 Å². The van der Waals surface area contributed by atoms with Crippen LogP contribution < -0.4 is 9.64 Å². The van der Waals surface area contributed by atoms with E-state index in [0.29, 0.717) is 6.73 Å². The van der Waals surface area contributed by atoms with E-state index in [2.05, 4.69) is 17.0 Å². The van der Waals surface area contributed by atoms with E-state index in [4.69, 9.17) is 16.3 Å². The zero-order valence-electron chi connectivity index (χ0n) is 10.2. The van der Waals surface area contributed by atoms with Crippen LogP contribution in [0.25, 0.3) is 0 Å². The Morgan fingerprint density at radius 2 is 2.00 bits per heavy atom. The molecule has 92 valence electrons. The smallest absolute Gasteiger partial charge is 0.161 e. The Morgan fingerprint density at radius 1 is 1.17 bits per heavy atom. The summed E-state index contributed by atoms with van der Waals surface area (Å²) < 4.78 is 5.75. The molecule has 0 saturated carbocycles. The largest absolute Gasteiger partial charge is 0.473 e. The molecule has 2 aromatic rings. The van der Waals surface area contributed by atoms with Crippen molar-refractivity contribution in [1.29, 1.82) is 0 Å². The molecule has 0 fully saturated rings. The molecular formula is C15H14ClNO. The van der Waals surface area contributed by atoms with E-state index < -0.39 is 0 Å². The number of nitrogens with zero attached hydrogens (tertiary/aromatic N) is 1. The van der Waals surface area contributed by atoms with Crippen LogP contribution in [-0.4, -0.2) is 6.73 Å². The SMILES string of the molecule is Cc1cc(N2COc3ccccc3C2)ccc1Cl. The first kappa shape index (κ1) is 11.4. The zero-order valence-corrected chi connectivity index (χ0v) is 10.9. The highest BCUT2D eigenvalue weighted by Crippen LogP contribution is 2.29. The third kappa shape index (κ3) is 2.04. The van der Waals surface area contributed by atoms with Crippen molar-refractivity contribution in [3.05, 3.63) is 58.6 Å². The third-order valence-electron chi connectivity index (χ3n) is 3.22. The standard InChI is InChI=1S/C15H14ClNO/c1-11-8-13(6-7-14(11)16)17-9-12-4-2-3-5-15(12)18-10-17/h2-8H,9-10H2,1H3. The lowest BCUT2D eigenvalue weighted by Crippen LogP contribution is -2.31. The molecule has 3 rings (SSSR count). The first-order valence-electron chi connectivity index (χ1n) is 5.96. The second-order valence-electron chi connectivity index (χ2n) is 4.51. The number of rotatable bonds is 1. The lowest BCUT2D eigenvalue weighted by Gasteiger charge is -2.31. The molecule has 2 aromatic carbocycles. The Kier molecular flexibility index (Phi) is 2.88. The molecule has 0 aliphatic carbocycles. The van der Waals surface area contributed by atoms with Crippen molar-refractivity contribution >= 4 is 17.3 Å². The van der Waals surface area contributed by atoms with Crippen LogP contribution in [0.15, 0.2) is 42.5 Å². The first-order valence-corrected chi connectivity index (χ1v) is 6.33. The van der Waals surface area contributed by atoms with Crippen molar-refractivity contribution < 1.29 is 4.74 Å². The van der Waals surface area contributed by atoms with E-state index in [1.807, 2.05) is 37.3 Å². The van der Waals surface area contributed by atoms with Gasteiger partial charge in [0, 0.05) is 22.8 Å². The van der Waals surface area contributed by atoms with E-state index in [1.54, 1.807) is 0 Å². The molecule has 0 spiro atoms. The van der Waals surface area contributed by atoms with E-state index in [-0.39, 0.29) is 0 Å². The molecule has 0 amide bonds. The summed E-state index contributed by atoms with van der Waals surface area (Å²) in [4.78, 5) is 2.20. The zero-order chi connectivity index (χ0) is 12.5. The van der Waals surface area contributed by atoms with Crippen LogP contribution in [-0.2, 0) is 6.54 Å². The Morgan fingerprint density at radius 3 is 2.83 bits per heavy atom.